The number of nitrogens with one attached hydrogen (secondary N) is 1. The number of ether oxygens (including phenoxy) is 1. The zero-order chi connectivity index (χ0) is 19.2. The van der Waals surface area contributed by atoms with E-state index in [1.807, 2.05) is 24.3 Å². The van der Waals surface area contributed by atoms with E-state index in [1.165, 1.54) is 29.8 Å². The van der Waals surface area contributed by atoms with Crippen LogP contribution in [0.1, 0.15) is 18.1 Å². The second kappa shape index (κ2) is 8.63. The normalized spacial score (nSPS) is 12.1. The molecule has 2 aromatic rings. The standard InChI is InChI=1S/C17H22N2O5S2/c1-2-14-3-7-16(8-4-14)24-11-12-25(20,21)19-13-15-5-9-17(10-6-15)26(18,22)23/h3-10,19H,2,11-13H2,1H3,(H2,18,22,23). The monoisotopic (exact) mass is 398 g/mol. The number of primary sulfonamides is 1. The molecule has 0 aromatic heterocycles. The third-order valence-electron chi connectivity index (χ3n) is 3.70. The number of nitrogens with two attached hydrogens (primary N) is 1. The minimum atomic E-state index is -3.76. The van der Waals surface area contributed by atoms with Crippen LogP contribution in [0.15, 0.2) is 53.4 Å². The van der Waals surface area contributed by atoms with Crippen molar-refractivity contribution in [2.45, 2.75) is 24.8 Å². The van der Waals surface area contributed by atoms with Crippen molar-refractivity contribution >= 4 is 20.0 Å². The summed E-state index contributed by atoms with van der Waals surface area (Å²) in [6, 6.07) is 13.2. The minimum absolute atomic E-state index is 0.0217. The Morgan fingerprint density at radius 1 is 0.923 bits per heavy atom. The summed E-state index contributed by atoms with van der Waals surface area (Å²) >= 11 is 0. The summed E-state index contributed by atoms with van der Waals surface area (Å²) in [5.74, 6) is 0.439. The highest BCUT2D eigenvalue weighted by Gasteiger charge is 2.11. The third kappa shape index (κ3) is 6.41. The second-order valence-corrected chi connectivity index (χ2v) is 9.16. The van der Waals surface area contributed by atoms with Gasteiger partial charge in [0, 0.05) is 6.54 Å². The van der Waals surface area contributed by atoms with E-state index < -0.39 is 20.0 Å². The highest BCUT2D eigenvalue weighted by molar-refractivity contribution is 7.89. The summed E-state index contributed by atoms with van der Waals surface area (Å²) in [4.78, 5) is -0.0217. The smallest absolute Gasteiger partial charge is 0.238 e. The van der Waals surface area contributed by atoms with E-state index in [2.05, 4.69) is 11.6 Å². The number of rotatable bonds is 9. The molecule has 0 heterocycles. The lowest BCUT2D eigenvalue weighted by Gasteiger charge is -2.09. The van der Waals surface area contributed by atoms with Gasteiger partial charge in [-0.2, -0.15) is 0 Å². The molecular weight excluding hydrogens is 376 g/mol. The molecule has 26 heavy (non-hydrogen) atoms. The molecule has 0 aliphatic heterocycles. The quantitative estimate of drug-likeness (QED) is 0.662. The molecule has 0 saturated heterocycles. The summed E-state index contributed by atoms with van der Waals surface area (Å²) in [6.45, 7) is 2.14. The van der Waals surface area contributed by atoms with Crippen molar-refractivity contribution in [3.8, 4) is 5.75 Å². The molecule has 0 unspecified atom stereocenters. The van der Waals surface area contributed by atoms with Gasteiger partial charge in [0.1, 0.15) is 12.4 Å². The van der Waals surface area contributed by atoms with Crippen LogP contribution < -0.4 is 14.6 Å². The zero-order valence-electron chi connectivity index (χ0n) is 14.4. The van der Waals surface area contributed by atoms with E-state index in [-0.39, 0.29) is 23.8 Å². The highest BCUT2D eigenvalue weighted by Crippen LogP contribution is 2.12. The fourth-order valence-electron chi connectivity index (χ4n) is 2.15. The molecule has 3 N–H and O–H groups in total. The van der Waals surface area contributed by atoms with Crippen molar-refractivity contribution in [3.05, 3.63) is 59.7 Å². The van der Waals surface area contributed by atoms with E-state index >= 15 is 0 Å². The van der Waals surface area contributed by atoms with Crippen molar-refractivity contribution in [2.75, 3.05) is 12.4 Å². The van der Waals surface area contributed by atoms with Crippen LogP contribution >= 0.6 is 0 Å². The molecule has 0 spiro atoms. The number of hydrogen-bond donors (Lipinski definition) is 2. The molecule has 0 atom stereocenters. The van der Waals surface area contributed by atoms with E-state index in [0.29, 0.717) is 11.3 Å². The lowest BCUT2D eigenvalue weighted by molar-refractivity contribution is 0.340. The first kappa shape index (κ1) is 20.4. The summed E-state index contributed by atoms with van der Waals surface area (Å²) < 4.78 is 54.3. The molecule has 0 saturated carbocycles. The Balaban J connectivity index is 1.82. The third-order valence-corrected chi connectivity index (χ3v) is 5.92. The van der Waals surface area contributed by atoms with Gasteiger partial charge in [-0.25, -0.2) is 26.7 Å². The number of aryl methyl sites for hydroxylation is 1. The van der Waals surface area contributed by atoms with Gasteiger partial charge in [-0.1, -0.05) is 31.2 Å². The minimum Gasteiger partial charge on any atom is -0.492 e. The molecular formula is C17H22N2O5S2. The highest BCUT2D eigenvalue weighted by atomic mass is 32.2. The predicted octanol–water partition coefficient (Wildman–Crippen LogP) is 1.39. The van der Waals surface area contributed by atoms with Gasteiger partial charge in [0.25, 0.3) is 0 Å². The van der Waals surface area contributed by atoms with Crippen LogP contribution in [0, 0.1) is 0 Å². The molecule has 2 rings (SSSR count). The maximum atomic E-state index is 12.0. The summed E-state index contributed by atoms with van der Waals surface area (Å²) in [7, 11) is -7.28. The van der Waals surface area contributed by atoms with Gasteiger partial charge in [-0.3, -0.25) is 0 Å². The van der Waals surface area contributed by atoms with E-state index in [0.717, 1.165) is 6.42 Å². The molecule has 2 aromatic carbocycles. The van der Waals surface area contributed by atoms with Crippen molar-refractivity contribution in [1.29, 1.82) is 0 Å². The summed E-state index contributed by atoms with van der Waals surface area (Å²) in [5.41, 5.74) is 1.80. The largest absolute Gasteiger partial charge is 0.492 e. The molecule has 142 valence electrons. The van der Waals surface area contributed by atoms with Crippen molar-refractivity contribution in [1.82, 2.24) is 4.72 Å². The average molecular weight is 399 g/mol. The Labute approximate surface area is 154 Å². The van der Waals surface area contributed by atoms with Crippen LogP contribution in [-0.2, 0) is 33.0 Å². The first-order valence-corrected chi connectivity index (χ1v) is 11.2. The maximum absolute atomic E-state index is 12.0. The molecule has 0 aliphatic carbocycles. The number of hydrogen-bond acceptors (Lipinski definition) is 5. The van der Waals surface area contributed by atoms with Crippen LogP contribution in [0.3, 0.4) is 0 Å². The Morgan fingerprint density at radius 3 is 2.04 bits per heavy atom. The fraction of sp³-hybridized carbons (Fsp3) is 0.294. The van der Waals surface area contributed by atoms with Gasteiger partial charge in [-0.15, -0.1) is 0 Å². The van der Waals surface area contributed by atoms with Gasteiger partial charge in [-0.05, 0) is 41.8 Å². The molecule has 0 amide bonds. The van der Waals surface area contributed by atoms with Crippen LogP contribution in [0.2, 0.25) is 0 Å². The second-order valence-electron chi connectivity index (χ2n) is 5.67. The lowest BCUT2D eigenvalue weighted by atomic mass is 10.2. The molecule has 0 bridgehead atoms. The van der Waals surface area contributed by atoms with Crippen molar-refractivity contribution in [3.63, 3.8) is 0 Å². The van der Waals surface area contributed by atoms with Crippen LogP contribution in [0.5, 0.6) is 5.75 Å². The van der Waals surface area contributed by atoms with Gasteiger partial charge >= 0.3 is 0 Å². The summed E-state index contributed by atoms with van der Waals surface area (Å²) in [6.07, 6.45) is 0.927. The predicted molar refractivity (Wildman–Crippen MR) is 99.8 cm³/mol. The van der Waals surface area contributed by atoms with Crippen LogP contribution in [0.25, 0.3) is 0 Å². The molecule has 0 radical (unpaired) electrons. The molecule has 9 heteroatoms. The SMILES string of the molecule is CCc1ccc(OCCS(=O)(=O)NCc2ccc(S(N)(=O)=O)cc2)cc1. The average Bonchev–Trinajstić information content (AvgIpc) is 2.60. The molecule has 0 aliphatic rings. The summed E-state index contributed by atoms with van der Waals surface area (Å²) in [5, 5.41) is 5.02. The van der Waals surface area contributed by atoms with Crippen molar-refractivity contribution < 1.29 is 21.6 Å². The Hall–Kier alpha value is -1.94. The number of benzene rings is 2. The Bertz CT molecular complexity index is 922. The molecule has 0 fully saturated rings. The van der Waals surface area contributed by atoms with Gasteiger partial charge in [0.15, 0.2) is 0 Å². The van der Waals surface area contributed by atoms with Crippen LogP contribution in [-0.4, -0.2) is 29.2 Å². The first-order valence-electron chi connectivity index (χ1n) is 8.00. The topological polar surface area (TPSA) is 116 Å². The zero-order valence-corrected chi connectivity index (χ0v) is 16.0. The Kier molecular flexibility index (Phi) is 6.76. The van der Waals surface area contributed by atoms with E-state index in [1.54, 1.807) is 0 Å². The van der Waals surface area contributed by atoms with Gasteiger partial charge in [0.05, 0.1) is 10.6 Å². The first-order chi connectivity index (χ1) is 12.2. The molecule has 7 nitrogen and oxygen atoms in total. The van der Waals surface area contributed by atoms with Crippen molar-refractivity contribution in [2.24, 2.45) is 5.14 Å². The van der Waals surface area contributed by atoms with E-state index in [4.69, 9.17) is 9.88 Å². The van der Waals surface area contributed by atoms with Gasteiger partial charge in [0.2, 0.25) is 20.0 Å². The Morgan fingerprint density at radius 2 is 1.50 bits per heavy atom. The van der Waals surface area contributed by atoms with Crippen LogP contribution in [0.4, 0.5) is 0 Å². The van der Waals surface area contributed by atoms with Gasteiger partial charge < -0.3 is 4.74 Å². The van der Waals surface area contributed by atoms with E-state index in [9.17, 15) is 16.8 Å². The number of sulfonamides is 2. The lowest BCUT2D eigenvalue weighted by Crippen LogP contribution is -2.28. The maximum Gasteiger partial charge on any atom is 0.238 e. The fourth-order valence-corrected chi connectivity index (χ4v) is 3.50.